The predicted octanol–water partition coefficient (Wildman–Crippen LogP) is 0.885. The lowest BCUT2D eigenvalue weighted by Gasteiger charge is -2.33. The number of nitrogens with zero attached hydrogens (tertiary/aromatic N) is 1. The number of aliphatic hydroxyl groups is 1. The van der Waals surface area contributed by atoms with Crippen molar-refractivity contribution in [3.05, 3.63) is 0 Å². The van der Waals surface area contributed by atoms with Gasteiger partial charge in [-0.3, -0.25) is 4.90 Å². The SMILES string of the molecule is CCOCC(O)CN1CCCC(OCC)C1. The van der Waals surface area contributed by atoms with Crippen LogP contribution in [0.15, 0.2) is 0 Å². The molecule has 2 unspecified atom stereocenters. The molecule has 0 saturated carbocycles. The van der Waals surface area contributed by atoms with Crippen LogP contribution in [0.4, 0.5) is 0 Å². The van der Waals surface area contributed by atoms with Crippen molar-refractivity contribution in [2.24, 2.45) is 0 Å². The lowest BCUT2D eigenvalue weighted by Crippen LogP contribution is -2.44. The van der Waals surface area contributed by atoms with Gasteiger partial charge >= 0.3 is 0 Å². The first-order valence-corrected chi connectivity index (χ1v) is 6.36. The summed E-state index contributed by atoms with van der Waals surface area (Å²) in [4.78, 5) is 2.27. The molecule has 4 nitrogen and oxygen atoms in total. The Labute approximate surface area is 98.5 Å². The van der Waals surface area contributed by atoms with Crippen molar-refractivity contribution in [1.29, 1.82) is 0 Å². The Bertz CT molecular complexity index is 176. The van der Waals surface area contributed by atoms with Crippen LogP contribution >= 0.6 is 0 Å². The van der Waals surface area contributed by atoms with E-state index in [4.69, 9.17) is 9.47 Å². The van der Waals surface area contributed by atoms with E-state index in [1.165, 1.54) is 0 Å². The molecule has 0 aromatic heterocycles. The molecule has 0 amide bonds. The highest BCUT2D eigenvalue weighted by molar-refractivity contribution is 4.75. The maximum absolute atomic E-state index is 9.74. The normalized spacial score (nSPS) is 24.6. The van der Waals surface area contributed by atoms with Crippen molar-refractivity contribution >= 4 is 0 Å². The molecule has 0 radical (unpaired) electrons. The van der Waals surface area contributed by atoms with Crippen LogP contribution in [-0.4, -0.2) is 61.7 Å². The van der Waals surface area contributed by atoms with E-state index < -0.39 is 0 Å². The summed E-state index contributed by atoms with van der Waals surface area (Å²) in [6, 6.07) is 0. The fourth-order valence-corrected chi connectivity index (χ4v) is 2.16. The van der Waals surface area contributed by atoms with Crippen LogP contribution in [0.1, 0.15) is 26.7 Å². The first kappa shape index (κ1) is 13.9. The maximum atomic E-state index is 9.74. The van der Waals surface area contributed by atoms with Gasteiger partial charge in [-0.1, -0.05) is 0 Å². The second-order valence-electron chi connectivity index (χ2n) is 4.29. The van der Waals surface area contributed by atoms with E-state index in [-0.39, 0.29) is 6.10 Å². The second kappa shape index (κ2) is 8.01. The Morgan fingerprint density at radius 1 is 1.38 bits per heavy atom. The van der Waals surface area contributed by atoms with E-state index in [9.17, 15) is 5.11 Å². The van der Waals surface area contributed by atoms with Crippen molar-refractivity contribution in [3.63, 3.8) is 0 Å². The van der Waals surface area contributed by atoms with Gasteiger partial charge in [0.15, 0.2) is 0 Å². The third kappa shape index (κ3) is 5.25. The second-order valence-corrected chi connectivity index (χ2v) is 4.29. The number of hydrogen-bond acceptors (Lipinski definition) is 4. The number of hydrogen-bond donors (Lipinski definition) is 1. The highest BCUT2D eigenvalue weighted by Crippen LogP contribution is 2.13. The van der Waals surface area contributed by atoms with Gasteiger partial charge in [-0.15, -0.1) is 0 Å². The summed E-state index contributed by atoms with van der Waals surface area (Å²) in [6.07, 6.45) is 2.27. The first-order chi connectivity index (χ1) is 7.76. The molecule has 16 heavy (non-hydrogen) atoms. The Hall–Kier alpha value is -0.160. The smallest absolute Gasteiger partial charge is 0.0900 e. The van der Waals surface area contributed by atoms with E-state index in [1.54, 1.807) is 0 Å². The molecule has 1 fully saturated rings. The minimum Gasteiger partial charge on any atom is -0.389 e. The molecule has 2 atom stereocenters. The van der Waals surface area contributed by atoms with Crippen molar-refractivity contribution in [3.8, 4) is 0 Å². The van der Waals surface area contributed by atoms with Crippen LogP contribution < -0.4 is 0 Å². The third-order valence-corrected chi connectivity index (χ3v) is 2.85. The average molecular weight is 231 g/mol. The summed E-state index contributed by atoms with van der Waals surface area (Å²) in [6.45, 7) is 8.56. The molecule has 4 heteroatoms. The maximum Gasteiger partial charge on any atom is 0.0900 e. The molecule has 0 aromatic rings. The standard InChI is InChI=1S/C12H25NO3/c1-3-15-10-11(14)8-13-7-5-6-12(9-13)16-4-2/h11-12,14H,3-10H2,1-2H3. The minimum atomic E-state index is -0.375. The van der Waals surface area contributed by atoms with Crippen LogP contribution in [0.25, 0.3) is 0 Å². The molecule has 1 aliphatic heterocycles. The Balaban J connectivity index is 2.20. The van der Waals surface area contributed by atoms with Crippen LogP contribution in [0.3, 0.4) is 0 Å². The highest BCUT2D eigenvalue weighted by atomic mass is 16.5. The molecule has 0 aliphatic carbocycles. The Kier molecular flexibility index (Phi) is 6.96. The summed E-state index contributed by atoms with van der Waals surface area (Å²) in [7, 11) is 0. The van der Waals surface area contributed by atoms with Crippen LogP contribution in [-0.2, 0) is 9.47 Å². The molecule has 1 rings (SSSR count). The monoisotopic (exact) mass is 231 g/mol. The molecule has 0 spiro atoms. The van der Waals surface area contributed by atoms with Gasteiger partial charge < -0.3 is 14.6 Å². The number of β-amino-alcohol motifs (C(OH)–C–C–N with tert-alkyl or cyclic N) is 1. The number of ether oxygens (including phenoxy) is 2. The molecule has 1 heterocycles. The van der Waals surface area contributed by atoms with Gasteiger partial charge in [-0.05, 0) is 33.2 Å². The molecule has 96 valence electrons. The van der Waals surface area contributed by atoms with Crippen molar-refractivity contribution < 1.29 is 14.6 Å². The molecular weight excluding hydrogens is 206 g/mol. The van der Waals surface area contributed by atoms with E-state index in [2.05, 4.69) is 4.90 Å². The molecular formula is C12H25NO3. The van der Waals surface area contributed by atoms with Crippen LogP contribution in [0.2, 0.25) is 0 Å². The summed E-state index contributed by atoms with van der Waals surface area (Å²) in [5, 5.41) is 9.74. The minimum absolute atomic E-state index is 0.345. The zero-order valence-electron chi connectivity index (χ0n) is 10.5. The molecule has 1 N–H and O–H groups in total. The summed E-state index contributed by atoms with van der Waals surface area (Å²) >= 11 is 0. The average Bonchev–Trinajstić information content (AvgIpc) is 2.27. The largest absolute Gasteiger partial charge is 0.389 e. The molecule has 0 bridgehead atoms. The van der Waals surface area contributed by atoms with Crippen molar-refractivity contribution in [1.82, 2.24) is 4.90 Å². The molecule has 0 aromatic carbocycles. The summed E-state index contributed by atoms with van der Waals surface area (Å²) in [5.41, 5.74) is 0. The molecule has 1 aliphatic rings. The highest BCUT2D eigenvalue weighted by Gasteiger charge is 2.21. The van der Waals surface area contributed by atoms with Crippen molar-refractivity contribution in [2.75, 3.05) is 39.5 Å². The number of likely N-dealkylation sites (tertiary alicyclic amines) is 1. The van der Waals surface area contributed by atoms with E-state index in [0.717, 1.165) is 32.5 Å². The van der Waals surface area contributed by atoms with Gasteiger partial charge in [0.1, 0.15) is 0 Å². The van der Waals surface area contributed by atoms with E-state index in [0.29, 0.717) is 25.9 Å². The van der Waals surface area contributed by atoms with Gasteiger partial charge in [-0.2, -0.15) is 0 Å². The van der Waals surface area contributed by atoms with Crippen molar-refractivity contribution in [2.45, 2.75) is 38.9 Å². The fraction of sp³-hybridized carbons (Fsp3) is 1.00. The fourth-order valence-electron chi connectivity index (χ4n) is 2.16. The lowest BCUT2D eigenvalue weighted by atomic mass is 10.1. The van der Waals surface area contributed by atoms with Gasteiger partial charge in [0.2, 0.25) is 0 Å². The number of aliphatic hydroxyl groups excluding tert-OH is 1. The van der Waals surface area contributed by atoms with E-state index >= 15 is 0 Å². The van der Waals surface area contributed by atoms with E-state index in [1.807, 2.05) is 13.8 Å². The zero-order valence-corrected chi connectivity index (χ0v) is 10.5. The molecule has 1 saturated heterocycles. The first-order valence-electron chi connectivity index (χ1n) is 6.36. The zero-order chi connectivity index (χ0) is 11.8. The third-order valence-electron chi connectivity index (χ3n) is 2.85. The van der Waals surface area contributed by atoms with Gasteiger partial charge in [0.25, 0.3) is 0 Å². The van der Waals surface area contributed by atoms with Gasteiger partial charge in [0.05, 0.1) is 18.8 Å². The van der Waals surface area contributed by atoms with Crippen LogP contribution in [0.5, 0.6) is 0 Å². The number of piperidine rings is 1. The van der Waals surface area contributed by atoms with Gasteiger partial charge in [0, 0.05) is 26.3 Å². The number of rotatable bonds is 7. The van der Waals surface area contributed by atoms with Crippen LogP contribution in [0, 0.1) is 0 Å². The van der Waals surface area contributed by atoms with Gasteiger partial charge in [-0.25, -0.2) is 0 Å². The Morgan fingerprint density at radius 2 is 2.19 bits per heavy atom. The Morgan fingerprint density at radius 3 is 2.88 bits per heavy atom. The predicted molar refractivity (Wildman–Crippen MR) is 63.6 cm³/mol. The summed E-state index contributed by atoms with van der Waals surface area (Å²) < 4.78 is 10.8. The summed E-state index contributed by atoms with van der Waals surface area (Å²) in [5.74, 6) is 0. The quantitative estimate of drug-likeness (QED) is 0.706. The topological polar surface area (TPSA) is 41.9 Å². The lowest BCUT2D eigenvalue weighted by molar-refractivity contribution is -0.0222.